The Labute approximate surface area is 150 Å². The average molecular weight is 372 g/mol. The summed E-state index contributed by atoms with van der Waals surface area (Å²) < 4.78 is 0. The number of carbonyl (C=O) groups excluding carboxylic acids is 1. The highest BCUT2D eigenvalue weighted by atomic mass is 35.5. The van der Waals surface area contributed by atoms with Crippen molar-refractivity contribution in [3.63, 3.8) is 0 Å². The van der Waals surface area contributed by atoms with Gasteiger partial charge < -0.3 is 10.6 Å². The van der Waals surface area contributed by atoms with Crippen molar-refractivity contribution in [2.24, 2.45) is 5.73 Å². The second kappa shape index (κ2) is 10.2. The molecule has 1 saturated heterocycles. The zero-order valence-electron chi connectivity index (χ0n) is 12.9. The van der Waals surface area contributed by atoms with Gasteiger partial charge in [-0.3, -0.25) is 14.7 Å². The van der Waals surface area contributed by atoms with E-state index >= 15 is 0 Å². The van der Waals surface area contributed by atoms with Crippen LogP contribution in [0.2, 0.25) is 0 Å². The van der Waals surface area contributed by atoms with Crippen molar-refractivity contribution in [3.8, 4) is 0 Å². The van der Waals surface area contributed by atoms with E-state index in [1.807, 2.05) is 29.3 Å². The first-order valence-corrected chi connectivity index (χ1v) is 6.67. The number of rotatable bonds is 3. The lowest BCUT2D eigenvalue weighted by Gasteiger charge is -2.37. The fraction of sp³-hybridized carbons (Fsp3) is 0.571. The summed E-state index contributed by atoms with van der Waals surface area (Å²) in [7, 11) is 0. The number of hydrogen-bond donors (Lipinski definition) is 1. The zero-order valence-corrected chi connectivity index (χ0v) is 15.3. The predicted octanol–water partition coefficient (Wildman–Crippen LogP) is 1.73. The first kappa shape index (κ1) is 23.7. The number of pyridine rings is 1. The minimum Gasteiger partial charge on any atom is -0.339 e. The lowest BCUT2D eigenvalue weighted by Crippen LogP contribution is -2.56. The molecular weight excluding hydrogens is 347 g/mol. The van der Waals surface area contributed by atoms with Crippen LogP contribution < -0.4 is 5.73 Å². The van der Waals surface area contributed by atoms with E-state index in [2.05, 4.69) is 9.88 Å². The summed E-state index contributed by atoms with van der Waals surface area (Å²) in [6, 6.07) is 5.95. The topological polar surface area (TPSA) is 62.5 Å². The van der Waals surface area contributed by atoms with Crippen LogP contribution in [0.15, 0.2) is 24.4 Å². The number of aromatic nitrogens is 1. The Kier molecular flexibility index (Phi) is 11.0. The standard InChI is InChI=1S/C14H22N4O.3ClH/c1-14(2,15)13(19)18-9-7-17(8-10-18)11-12-5-3-4-6-16-12;;;/h3-6H,7-11,15H2,1-2H3;3*1H. The molecule has 0 saturated carbocycles. The molecule has 1 fully saturated rings. The van der Waals surface area contributed by atoms with Crippen molar-refractivity contribution >= 4 is 43.1 Å². The summed E-state index contributed by atoms with van der Waals surface area (Å²) in [6.07, 6.45) is 1.81. The molecule has 128 valence electrons. The van der Waals surface area contributed by atoms with Crippen LogP contribution >= 0.6 is 37.2 Å². The Morgan fingerprint density at radius 3 is 2.23 bits per heavy atom. The summed E-state index contributed by atoms with van der Waals surface area (Å²) in [5, 5.41) is 0. The number of nitrogens with zero attached hydrogens (tertiary/aromatic N) is 3. The molecule has 2 heterocycles. The van der Waals surface area contributed by atoms with Crippen molar-refractivity contribution in [2.45, 2.75) is 25.9 Å². The quantitative estimate of drug-likeness (QED) is 0.879. The largest absolute Gasteiger partial charge is 0.339 e. The maximum absolute atomic E-state index is 12.1. The van der Waals surface area contributed by atoms with Crippen molar-refractivity contribution in [2.75, 3.05) is 26.2 Å². The minimum atomic E-state index is -0.775. The van der Waals surface area contributed by atoms with Gasteiger partial charge in [0.2, 0.25) is 5.91 Å². The molecule has 0 aromatic carbocycles. The highest BCUT2D eigenvalue weighted by Crippen LogP contribution is 2.10. The SMILES string of the molecule is CC(C)(N)C(=O)N1CCN(Cc2ccccn2)CC1.Cl.Cl.Cl. The predicted molar refractivity (Wildman–Crippen MR) is 96.1 cm³/mol. The van der Waals surface area contributed by atoms with Crippen molar-refractivity contribution < 1.29 is 4.79 Å². The van der Waals surface area contributed by atoms with E-state index < -0.39 is 5.54 Å². The van der Waals surface area contributed by atoms with Crippen LogP contribution in [-0.4, -0.2) is 52.4 Å². The van der Waals surface area contributed by atoms with Crippen LogP contribution in [0.1, 0.15) is 19.5 Å². The molecule has 1 aromatic rings. The van der Waals surface area contributed by atoms with Crippen LogP contribution in [0.3, 0.4) is 0 Å². The Morgan fingerprint density at radius 1 is 1.18 bits per heavy atom. The van der Waals surface area contributed by atoms with Gasteiger partial charge in [0.15, 0.2) is 0 Å². The Morgan fingerprint density at radius 2 is 1.77 bits per heavy atom. The van der Waals surface area contributed by atoms with Gasteiger partial charge in [-0.05, 0) is 26.0 Å². The van der Waals surface area contributed by atoms with E-state index in [9.17, 15) is 4.79 Å². The van der Waals surface area contributed by atoms with Crippen LogP contribution in [0, 0.1) is 0 Å². The number of carbonyl (C=O) groups is 1. The highest BCUT2D eigenvalue weighted by molar-refractivity contribution is 5.86. The molecule has 0 bridgehead atoms. The molecule has 1 amide bonds. The van der Waals surface area contributed by atoms with Gasteiger partial charge in [0, 0.05) is 38.9 Å². The van der Waals surface area contributed by atoms with Crippen LogP contribution in [0.25, 0.3) is 0 Å². The Hall–Kier alpha value is -0.590. The van der Waals surface area contributed by atoms with Crippen LogP contribution in [-0.2, 0) is 11.3 Å². The van der Waals surface area contributed by atoms with E-state index in [1.165, 1.54) is 0 Å². The molecule has 1 aliphatic heterocycles. The Bertz CT molecular complexity index is 431. The van der Waals surface area contributed by atoms with Gasteiger partial charge in [-0.15, -0.1) is 37.2 Å². The van der Waals surface area contributed by atoms with E-state index in [-0.39, 0.29) is 43.1 Å². The molecule has 0 atom stereocenters. The lowest BCUT2D eigenvalue weighted by atomic mass is 10.0. The second-order valence-corrected chi connectivity index (χ2v) is 5.61. The van der Waals surface area contributed by atoms with Gasteiger partial charge in [0.25, 0.3) is 0 Å². The van der Waals surface area contributed by atoms with Crippen molar-refractivity contribution in [1.82, 2.24) is 14.8 Å². The minimum absolute atomic E-state index is 0. The zero-order chi connectivity index (χ0) is 13.9. The van der Waals surface area contributed by atoms with Gasteiger partial charge in [-0.1, -0.05) is 6.07 Å². The molecule has 1 aromatic heterocycles. The third-order valence-electron chi connectivity index (χ3n) is 3.32. The molecule has 2 N–H and O–H groups in total. The van der Waals surface area contributed by atoms with Crippen molar-refractivity contribution in [1.29, 1.82) is 0 Å². The highest BCUT2D eigenvalue weighted by Gasteiger charge is 2.30. The third-order valence-corrected chi connectivity index (χ3v) is 3.32. The first-order chi connectivity index (χ1) is 8.97. The van der Waals surface area contributed by atoms with E-state index in [1.54, 1.807) is 13.8 Å². The fourth-order valence-corrected chi connectivity index (χ4v) is 2.24. The van der Waals surface area contributed by atoms with E-state index in [0.29, 0.717) is 0 Å². The molecule has 22 heavy (non-hydrogen) atoms. The molecule has 0 unspecified atom stereocenters. The van der Waals surface area contributed by atoms with Gasteiger partial charge in [-0.25, -0.2) is 0 Å². The number of nitrogens with two attached hydrogens (primary N) is 1. The van der Waals surface area contributed by atoms with Gasteiger partial charge in [0.1, 0.15) is 0 Å². The lowest BCUT2D eigenvalue weighted by molar-refractivity contribution is -0.137. The fourth-order valence-electron chi connectivity index (χ4n) is 2.24. The maximum Gasteiger partial charge on any atom is 0.242 e. The number of halogens is 3. The monoisotopic (exact) mass is 370 g/mol. The van der Waals surface area contributed by atoms with Gasteiger partial charge in [0.05, 0.1) is 11.2 Å². The molecule has 2 rings (SSSR count). The van der Waals surface area contributed by atoms with Crippen LogP contribution in [0.5, 0.6) is 0 Å². The van der Waals surface area contributed by atoms with Crippen molar-refractivity contribution in [3.05, 3.63) is 30.1 Å². The molecule has 1 aliphatic rings. The number of piperazine rings is 1. The Balaban J connectivity index is 0. The number of amides is 1. The van der Waals surface area contributed by atoms with E-state index in [0.717, 1.165) is 38.4 Å². The first-order valence-electron chi connectivity index (χ1n) is 6.67. The van der Waals surface area contributed by atoms with E-state index in [4.69, 9.17) is 5.73 Å². The number of hydrogen-bond acceptors (Lipinski definition) is 4. The smallest absolute Gasteiger partial charge is 0.242 e. The normalized spacial score (nSPS) is 15.1. The molecule has 8 heteroatoms. The molecular formula is C14H25Cl3N4O. The van der Waals surface area contributed by atoms with Gasteiger partial charge >= 0.3 is 0 Å². The summed E-state index contributed by atoms with van der Waals surface area (Å²) >= 11 is 0. The molecule has 5 nitrogen and oxygen atoms in total. The average Bonchev–Trinajstić information content (AvgIpc) is 2.39. The summed E-state index contributed by atoms with van der Waals surface area (Å²) in [4.78, 5) is 20.5. The molecule has 0 spiro atoms. The van der Waals surface area contributed by atoms with Crippen LogP contribution in [0.4, 0.5) is 0 Å². The molecule has 0 radical (unpaired) electrons. The third kappa shape index (κ3) is 6.67. The second-order valence-electron chi connectivity index (χ2n) is 5.61. The molecule has 0 aliphatic carbocycles. The summed E-state index contributed by atoms with van der Waals surface area (Å²) in [6.45, 7) is 7.59. The summed E-state index contributed by atoms with van der Waals surface area (Å²) in [5.74, 6) is 0.0324. The summed E-state index contributed by atoms with van der Waals surface area (Å²) in [5.41, 5.74) is 6.15. The maximum atomic E-state index is 12.1. The van der Waals surface area contributed by atoms with Gasteiger partial charge in [-0.2, -0.15) is 0 Å².